The number of hydrogen-bond acceptors (Lipinski definition) is 3. The molecular weight excluding hydrogens is 295 g/mol. The fourth-order valence-electron chi connectivity index (χ4n) is 1.79. The zero-order valence-corrected chi connectivity index (χ0v) is 10.3. The fraction of sp³-hybridized carbons (Fsp3) is 0.889. The third kappa shape index (κ3) is 3.70. The van der Waals surface area contributed by atoms with E-state index < -0.39 is 0 Å². The van der Waals surface area contributed by atoms with Crippen molar-refractivity contribution in [2.24, 2.45) is 5.92 Å². The topological polar surface area (TPSA) is 61.4 Å². The van der Waals surface area contributed by atoms with Gasteiger partial charge >= 0.3 is 0 Å². The minimum atomic E-state index is 0.0242. The van der Waals surface area contributed by atoms with Crippen molar-refractivity contribution in [3.63, 3.8) is 0 Å². The highest BCUT2D eigenvalue weighted by molar-refractivity contribution is 14.1. The standard InChI is InChI=1S/C9H17IN2O2/c10-12-8-3-1-7(2-4-8)9(14)11-5-6-13/h7-8,12-13H,1-6H2,(H,11,14)/t7-,8-. The van der Waals surface area contributed by atoms with E-state index in [2.05, 4.69) is 31.7 Å². The highest BCUT2D eigenvalue weighted by Crippen LogP contribution is 2.24. The lowest BCUT2D eigenvalue weighted by Gasteiger charge is -2.26. The van der Waals surface area contributed by atoms with Crippen molar-refractivity contribution in [2.75, 3.05) is 13.2 Å². The number of nitrogens with one attached hydrogen (secondary N) is 2. The number of rotatable bonds is 4. The molecule has 0 bridgehead atoms. The summed E-state index contributed by atoms with van der Waals surface area (Å²) in [4.78, 5) is 11.5. The summed E-state index contributed by atoms with van der Waals surface area (Å²) in [6.45, 7) is 0.402. The van der Waals surface area contributed by atoms with Crippen LogP contribution in [0.5, 0.6) is 0 Å². The lowest BCUT2D eigenvalue weighted by molar-refractivity contribution is -0.126. The highest BCUT2D eigenvalue weighted by Gasteiger charge is 2.25. The molecule has 0 aliphatic heterocycles. The van der Waals surface area contributed by atoms with Crippen LogP contribution in [0.25, 0.3) is 0 Å². The first-order valence-corrected chi connectivity index (χ1v) is 6.10. The summed E-state index contributed by atoms with van der Waals surface area (Å²) < 4.78 is 3.20. The van der Waals surface area contributed by atoms with Gasteiger partial charge in [-0.1, -0.05) is 0 Å². The van der Waals surface area contributed by atoms with E-state index in [-0.39, 0.29) is 18.4 Å². The predicted octanol–water partition coefficient (Wildman–Crippen LogP) is 0.593. The largest absolute Gasteiger partial charge is 0.395 e. The molecule has 14 heavy (non-hydrogen) atoms. The zero-order valence-electron chi connectivity index (χ0n) is 8.13. The molecule has 3 N–H and O–H groups in total. The van der Waals surface area contributed by atoms with Crippen LogP contribution in [-0.2, 0) is 4.79 Å². The minimum Gasteiger partial charge on any atom is -0.395 e. The van der Waals surface area contributed by atoms with Gasteiger partial charge in [-0.2, -0.15) is 0 Å². The molecule has 0 aromatic rings. The lowest BCUT2D eigenvalue weighted by atomic mass is 9.86. The number of hydrogen-bond donors (Lipinski definition) is 3. The molecule has 1 aliphatic rings. The van der Waals surface area contributed by atoms with Crippen molar-refractivity contribution >= 4 is 28.8 Å². The third-order valence-corrected chi connectivity index (χ3v) is 3.54. The van der Waals surface area contributed by atoms with E-state index in [1.807, 2.05) is 0 Å². The number of carbonyl (C=O) groups excluding carboxylic acids is 1. The van der Waals surface area contributed by atoms with Crippen molar-refractivity contribution in [3.05, 3.63) is 0 Å². The summed E-state index contributed by atoms with van der Waals surface area (Å²) in [7, 11) is 0. The van der Waals surface area contributed by atoms with E-state index in [0.29, 0.717) is 12.6 Å². The molecule has 82 valence electrons. The monoisotopic (exact) mass is 312 g/mol. The van der Waals surface area contributed by atoms with Gasteiger partial charge in [0.25, 0.3) is 0 Å². The lowest BCUT2D eigenvalue weighted by Crippen LogP contribution is -2.37. The zero-order chi connectivity index (χ0) is 10.4. The van der Waals surface area contributed by atoms with E-state index in [4.69, 9.17) is 5.11 Å². The van der Waals surface area contributed by atoms with Crippen LogP contribution in [0.4, 0.5) is 0 Å². The first-order valence-electron chi connectivity index (χ1n) is 5.02. The Balaban J connectivity index is 2.23. The summed E-state index contributed by atoms with van der Waals surface area (Å²) >= 11 is 2.17. The second-order valence-corrected chi connectivity index (χ2v) is 4.30. The Kier molecular flexibility index (Phi) is 5.73. The van der Waals surface area contributed by atoms with Gasteiger partial charge in [-0.05, 0) is 25.7 Å². The van der Waals surface area contributed by atoms with Crippen LogP contribution in [-0.4, -0.2) is 30.2 Å². The Morgan fingerprint density at radius 1 is 1.36 bits per heavy atom. The Labute approximate surface area is 98.3 Å². The van der Waals surface area contributed by atoms with Crippen molar-refractivity contribution in [1.29, 1.82) is 0 Å². The maximum absolute atomic E-state index is 11.5. The molecule has 0 aromatic heterocycles. The second-order valence-electron chi connectivity index (χ2n) is 3.67. The summed E-state index contributed by atoms with van der Waals surface area (Å²) in [6, 6.07) is 0.567. The maximum atomic E-state index is 11.5. The SMILES string of the molecule is O=C(NCCO)[C@H]1CC[C@H](NI)CC1. The molecule has 1 aliphatic carbocycles. The Hall–Kier alpha value is 0.120. The van der Waals surface area contributed by atoms with E-state index in [0.717, 1.165) is 25.7 Å². The van der Waals surface area contributed by atoms with Crippen LogP contribution in [0.1, 0.15) is 25.7 Å². The molecule has 4 nitrogen and oxygen atoms in total. The van der Waals surface area contributed by atoms with Crippen molar-refractivity contribution in [3.8, 4) is 0 Å². The van der Waals surface area contributed by atoms with Gasteiger partial charge in [-0.3, -0.25) is 8.32 Å². The van der Waals surface area contributed by atoms with Crippen LogP contribution in [0.3, 0.4) is 0 Å². The number of amides is 1. The summed E-state index contributed by atoms with van der Waals surface area (Å²) in [5, 5.41) is 11.3. The molecule has 1 fully saturated rings. The molecule has 0 spiro atoms. The molecule has 1 rings (SSSR count). The smallest absolute Gasteiger partial charge is 0.223 e. The molecule has 1 amide bonds. The Morgan fingerprint density at radius 2 is 2.00 bits per heavy atom. The molecular formula is C9H17IN2O2. The number of halogens is 1. The van der Waals surface area contributed by atoms with Crippen LogP contribution < -0.4 is 8.85 Å². The van der Waals surface area contributed by atoms with Gasteiger partial charge in [0.1, 0.15) is 0 Å². The highest BCUT2D eigenvalue weighted by atomic mass is 127. The van der Waals surface area contributed by atoms with E-state index >= 15 is 0 Å². The first kappa shape index (κ1) is 12.2. The van der Waals surface area contributed by atoms with Gasteiger partial charge in [-0.25, -0.2) is 0 Å². The van der Waals surface area contributed by atoms with Gasteiger partial charge in [0.05, 0.1) is 6.61 Å². The van der Waals surface area contributed by atoms with E-state index in [1.165, 1.54) is 0 Å². The first-order chi connectivity index (χ1) is 6.77. The average molecular weight is 312 g/mol. The predicted molar refractivity (Wildman–Crippen MR) is 63.0 cm³/mol. The fourth-order valence-corrected chi connectivity index (χ4v) is 2.41. The number of aliphatic hydroxyl groups excluding tert-OH is 1. The van der Waals surface area contributed by atoms with Gasteiger partial charge in [-0.15, -0.1) is 0 Å². The Bertz CT molecular complexity index is 182. The summed E-state index contributed by atoms with van der Waals surface area (Å²) in [6.07, 6.45) is 4.05. The van der Waals surface area contributed by atoms with E-state index in [9.17, 15) is 4.79 Å². The molecule has 5 heteroatoms. The Morgan fingerprint density at radius 3 is 2.50 bits per heavy atom. The molecule has 0 saturated heterocycles. The molecule has 1 saturated carbocycles. The number of aliphatic hydroxyl groups is 1. The third-order valence-electron chi connectivity index (χ3n) is 2.66. The normalized spacial score (nSPS) is 27.3. The van der Waals surface area contributed by atoms with Gasteiger partial charge in [0, 0.05) is 41.4 Å². The number of carbonyl (C=O) groups is 1. The van der Waals surface area contributed by atoms with Gasteiger partial charge in [0.15, 0.2) is 0 Å². The van der Waals surface area contributed by atoms with Crippen LogP contribution in [0, 0.1) is 5.92 Å². The minimum absolute atomic E-state index is 0.0242. The second kappa shape index (κ2) is 6.58. The van der Waals surface area contributed by atoms with E-state index in [1.54, 1.807) is 0 Å². The molecule has 0 radical (unpaired) electrons. The van der Waals surface area contributed by atoms with Crippen molar-refractivity contribution in [2.45, 2.75) is 31.7 Å². The van der Waals surface area contributed by atoms with Crippen LogP contribution in [0.2, 0.25) is 0 Å². The van der Waals surface area contributed by atoms with Crippen molar-refractivity contribution < 1.29 is 9.90 Å². The van der Waals surface area contributed by atoms with Gasteiger partial charge in [0.2, 0.25) is 5.91 Å². The summed E-state index contributed by atoms with van der Waals surface area (Å²) in [5.74, 6) is 0.258. The summed E-state index contributed by atoms with van der Waals surface area (Å²) in [5.41, 5.74) is 0. The van der Waals surface area contributed by atoms with Crippen LogP contribution in [0.15, 0.2) is 0 Å². The quantitative estimate of drug-likeness (QED) is 0.526. The molecule has 0 unspecified atom stereocenters. The maximum Gasteiger partial charge on any atom is 0.223 e. The van der Waals surface area contributed by atoms with Crippen LogP contribution >= 0.6 is 22.9 Å². The average Bonchev–Trinajstić information content (AvgIpc) is 2.26. The van der Waals surface area contributed by atoms with Gasteiger partial charge < -0.3 is 10.4 Å². The molecule has 0 aromatic carbocycles. The molecule has 0 heterocycles. The molecule has 0 atom stereocenters. The van der Waals surface area contributed by atoms with Crippen molar-refractivity contribution in [1.82, 2.24) is 8.85 Å².